The first kappa shape index (κ1) is 6.60. The molecule has 0 heterocycles. The minimum absolute atomic E-state index is 0.295. The Bertz CT molecular complexity index is 61.1. The molecule has 1 N–H and O–H groups in total. The lowest BCUT2D eigenvalue weighted by molar-refractivity contribution is 0.478. The maximum Gasteiger partial charge on any atom is 0.0898 e. The van der Waals surface area contributed by atoms with Crippen molar-refractivity contribution in [3.8, 4) is 0 Å². The predicted molar refractivity (Wildman–Crippen MR) is 28.6 cm³/mol. The Morgan fingerprint density at radius 2 is 2.29 bits per heavy atom. The molecule has 0 aliphatic rings. The van der Waals surface area contributed by atoms with Crippen LogP contribution in [-0.4, -0.2) is 12.4 Å². The molecule has 7 heavy (non-hydrogen) atoms. The largest absolute Gasteiger partial charge is 0.310 e. The molecule has 0 spiro atoms. The van der Waals surface area contributed by atoms with Gasteiger partial charge in [0.2, 0.25) is 0 Å². The predicted octanol–water partition coefficient (Wildman–Crippen LogP) is 1.78. The zero-order valence-corrected chi connectivity index (χ0v) is 4.50. The van der Waals surface area contributed by atoms with Gasteiger partial charge in [0.05, 0.1) is 6.67 Å². The van der Waals surface area contributed by atoms with Crippen LogP contribution in [0.3, 0.4) is 0 Å². The summed E-state index contributed by atoms with van der Waals surface area (Å²) in [7, 11) is 0. The third-order valence-electron chi connectivity index (χ3n) is 0.685. The van der Waals surface area contributed by atoms with Crippen molar-refractivity contribution in [1.82, 2.24) is 0 Å². The van der Waals surface area contributed by atoms with Crippen LogP contribution in [0.4, 0.5) is 4.39 Å². The average molecular weight is 103 g/mol. The Hall–Kier alpha value is -0.400. The van der Waals surface area contributed by atoms with Crippen LogP contribution in [0.2, 0.25) is 0 Å². The van der Waals surface area contributed by atoms with Crippen molar-refractivity contribution in [2.45, 2.75) is 19.8 Å². The summed E-state index contributed by atoms with van der Waals surface area (Å²) >= 11 is 0. The summed E-state index contributed by atoms with van der Waals surface area (Å²) in [4.78, 5) is 0. The molecule has 0 saturated carbocycles. The maximum absolute atomic E-state index is 11.3. The molecule has 0 rings (SSSR count). The lowest BCUT2D eigenvalue weighted by Gasteiger charge is -1.88. The topological polar surface area (TPSA) is 23.9 Å². The van der Waals surface area contributed by atoms with Crippen molar-refractivity contribution in [1.29, 1.82) is 5.41 Å². The summed E-state index contributed by atoms with van der Waals surface area (Å²) in [6, 6.07) is 0. The molecule has 0 aromatic heterocycles. The van der Waals surface area contributed by atoms with E-state index in [0.29, 0.717) is 18.6 Å². The second-order valence-electron chi connectivity index (χ2n) is 1.57. The van der Waals surface area contributed by atoms with Crippen LogP contribution in [0.15, 0.2) is 0 Å². The van der Waals surface area contributed by atoms with E-state index in [1.807, 2.05) is 0 Å². The minimum Gasteiger partial charge on any atom is -0.310 e. The first-order chi connectivity index (χ1) is 3.27. The van der Waals surface area contributed by atoms with E-state index < -0.39 is 0 Å². The van der Waals surface area contributed by atoms with Gasteiger partial charge in [-0.25, -0.2) is 0 Å². The van der Waals surface area contributed by atoms with Gasteiger partial charge in [-0.3, -0.25) is 4.39 Å². The van der Waals surface area contributed by atoms with Crippen molar-refractivity contribution >= 4 is 5.71 Å². The molecular formula is C5H10FN. The van der Waals surface area contributed by atoms with E-state index in [0.717, 1.165) is 0 Å². The first-order valence-electron chi connectivity index (χ1n) is 2.37. The summed E-state index contributed by atoms with van der Waals surface area (Å²) in [5.41, 5.74) is 0.567. The second-order valence-corrected chi connectivity index (χ2v) is 1.57. The standard InChI is InChI=1S/C5H10FN/c1-5(7)3-2-4-6/h7H,2-4H2,1H3. The van der Waals surface area contributed by atoms with E-state index in [1.54, 1.807) is 6.92 Å². The minimum atomic E-state index is -0.295. The van der Waals surface area contributed by atoms with Crippen LogP contribution >= 0.6 is 0 Å². The highest BCUT2D eigenvalue weighted by atomic mass is 19.1. The molecule has 0 aliphatic carbocycles. The van der Waals surface area contributed by atoms with Gasteiger partial charge in [-0.1, -0.05) is 0 Å². The molecule has 0 aliphatic heterocycles. The van der Waals surface area contributed by atoms with Crippen molar-refractivity contribution < 1.29 is 4.39 Å². The van der Waals surface area contributed by atoms with Crippen molar-refractivity contribution in [3.63, 3.8) is 0 Å². The average Bonchev–Trinajstić information content (AvgIpc) is 1.61. The van der Waals surface area contributed by atoms with Crippen LogP contribution in [-0.2, 0) is 0 Å². The van der Waals surface area contributed by atoms with E-state index in [4.69, 9.17) is 5.41 Å². The van der Waals surface area contributed by atoms with Gasteiger partial charge < -0.3 is 5.41 Å². The first-order valence-corrected chi connectivity index (χ1v) is 2.37. The van der Waals surface area contributed by atoms with Crippen molar-refractivity contribution in [2.24, 2.45) is 0 Å². The number of rotatable bonds is 3. The molecule has 0 aromatic carbocycles. The summed E-state index contributed by atoms with van der Waals surface area (Å²) in [6.07, 6.45) is 1.12. The smallest absolute Gasteiger partial charge is 0.0898 e. The fourth-order valence-electron chi connectivity index (χ4n) is 0.332. The Kier molecular flexibility index (Phi) is 3.56. The highest BCUT2D eigenvalue weighted by Gasteiger charge is 1.85. The van der Waals surface area contributed by atoms with Crippen LogP contribution in [0.1, 0.15) is 19.8 Å². The number of alkyl halides is 1. The molecule has 0 saturated heterocycles. The lowest BCUT2D eigenvalue weighted by Crippen LogP contribution is -1.87. The fraction of sp³-hybridized carbons (Fsp3) is 0.800. The van der Waals surface area contributed by atoms with Gasteiger partial charge in [-0.05, 0) is 19.8 Å². The fourth-order valence-corrected chi connectivity index (χ4v) is 0.332. The Labute approximate surface area is 43.0 Å². The van der Waals surface area contributed by atoms with E-state index in [9.17, 15) is 4.39 Å². The third-order valence-corrected chi connectivity index (χ3v) is 0.685. The number of nitrogens with one attached hydrogen (secondary N) is 1. The highest BCUT2D eigenvalue weighted by Crippen LogP contribution is 1.89. The molecule has 0 radical (unpaired) electrons. The van der Waals surface area contributed by atoms with E-state index in [2.05, 4.69) is 0 Å². The molecule has 0 atom stereocenters. The molecule has 0 fully saturated rings. The van der Waals surface area contributed by atoms with Gasteiger partial charge in [0, 0.05) is 5.71 Å². The molecule has 42 valence electrons. The van der Waals surface area contributed by atoms with Gasteiger partial charge in [0.15, 0.2) is 0 Å². The number of halogens is 1. The zero-order chi connectivity index (χ0) is 5.70. The monoisotopic (exact) mass is 103 g/mol. The van der Waals surface area contributed by atoms with Crippen molar-refractivity contribution in [3.05, 3.63) is 0 Å². The van der Waals surface area contributed by atoms with Gasteiger partial charge in [-0.2, -0.15) is 0 Å². The van der Waals surface area contributed by atoms with E-state index in [1.165, 1.54) is 0 Å². The molecular weight excluding hydrogens is 93.1 g/mol. The normalized spacial score (nSPS) is 8.86. The SMILES string of the molecule is CC(=N)CCCF. The van der Waals surface area contributed by atoms with Crippen LogP contribution in [0.25, 0.3) is 0 Å². The van der Waals surface area contributed by atoms with Crippen molar-refractivity contribution in [2.75, 3.05) is 6.67 Å². The van der Waals surface area contributed by atoms with Gasteiger partial charge in [0.1, 0.15) is 0 Å². The second kappa shape index (κ2) is 3.78. The summed E-state index contributed by atoms with van der Waals surface area (Å²) in [6.45, 7) is 1.39. The quantitative estimate of drug-likeness (QED) is 0.526. The number of hydrogen-bond acceptors (Lipinski definition) is 1. The Morgan fingerprint density at radius 3 is 2.43 bits per heavy atom. The van der Waals surface area contributed by atoms with E-state index in [-0.39, 0.29) is 6.67 Å². The molecule has 1 nitrogen and oxygen atoms in total. The highest BCUT2D eigenvalue weighted by molar-refractivity contribution is 5.78. The Morgan fingerprint density at radius 1 is 1.71 bits per heavy atom. The zero-order valence-electron chi connectivity index (χ0n) is 4.50. The van der Waals surface area contributed by atoms with Gasteiger partial charge in [0.25, 0.3) is 0 Å². The van der Waals surface area contributed by atoms with Crippen LogP contribution < -0.4 is 0 Å². The van der Waals surface area contributed by atoms with Crippen LogP contribution in [0.5, 0.6) is 0 Å². The molecule has 0 amide bonds. The lowest BCUT2D eigenvalue weighted by atomic mass is 10.2. The third kappa shape index (κ3) is 5.60. The number of hydrogen-bond donors (Lipinski definition) is 1. The van der Waals surface area contributed by atoms with E-state index >= 15 is 0 Å². The summed E-state index contributed by atoms with van der Waals surface area (Å²) in [5.74, 6) is 0. The molecule has 0 aromatic rings. The summed E-state index contributed by atoms with van der Waals surface area (Å²) in [5, 5.41) is 6.83. The van der Waals surface area contributed by atoms with Crippen LogP contribution in [0, 0.1) is 5.41 Å². The molecule has 0 unspecified atom stereocenters. The van der Waals surface area contributed by atoms with Gasteiger partial charge in [-0.15, -0.1) is 0 Å². The maximum atomic E-state index is 11.3. The molecule has 0 bridgehead atoms. The summed E-state index contributed by atoms with van der Waals surface area (Å²) < 4.78 is 11.3. The molecule has 2 heteroatoms. The Balaban J connectivity index is 2.82. The van der Waals surface area contributed by atoms with Gasteiger partial charge >= 0.3 is 0 Å².